The SMILES string of the molecule is CC1CCC2C(C)(C)CCCC2(C)[C@H]1CCOC(=O)CCC=O.CNCCCN1CCOCC1. The fraction of sp³-hybridized carbons (Fsp3) is 0.929. The Morgan fingerprint density at radius 1 is 1.18 bits per heavy atom. The zero-order valence-corrected chi connectivity index (χ0v) is 22.7. The third-order valence-corrected chi connectivity index (χ3v) is 8.88. The third kappa shape index (κ3) is 8.60. The van der Waals surface area contributed by atoms with Crippen LogP contribution < -0.4 is 5.32 Å². The quantitative estimate of drug-likeness (QED) is 0.278. The van der Waals surface area contributed by atoms with Gasteiger partial charge in [-0.05, 0) is 80.8 Å². The molecule has 0 aromatic rings. The van der Waals surface area contributed by atoms with Crippen LogP contribution in [0.4, 0.5) is 0 Å². The number of rotatable bonds is 10. The van der Waals surface area contributed by atoms with E-state index < -0.39 is 0 Å². The van der Waals surface area contributed by atoms with Gasteiger partial charge < -0.3 is 19.6 Å². The summed E-state index contributed by atoms with van der Waals surface area (Å²) in [5, 5.41) is 3.15. The smallest absolute Gasteiger partial charge is 0.306 e. The molecule has 3 aliphatic rings. The maximum atomic E-state index is 11.6. The molecule has 1 N–H and O–H groups in total. The van der Waals surface area contributed by atoms with E-state index >= 15 is 0 Å². The van der Waals surface area contributed by atoms with Gasteiger partial charge >= 0.3 is 5.97 Å². The normalized spacial score (nSPS) is 31.0. The van der Waals surface area contributed by atoms with Crippen LogP contribution >= 0.6 is 0 Å². The van der Waals surface area contributed by atoms with Crippen LogP contribution in [-0.4, -0.2) is 70.2 Å². The molecule has 2 aliphatic carbocycles. The molecule has 4 atom stereocenters. The van der Waals surface area contributed by atoms with Crippen LogP contribution in [0.1, 0.15) is 85.5 Å². The Morgan fingerprint density at radius 3 is 2.59 bits per heavy atom. The minimum Gasteiger partial charge on any atom is -0.466 e. The summed E-state index contributed by atoms with van der Waals surface area (Å²) in [6, 6.07) is 0. The lowest BCUT2D eigenvalue weighted by atomic mass is 9.46. The highest BCUT2D eigenvalue weighted by Crippen LogP contribution is 2.61. The van der Waals surface area contributed by atoms with Gasteiger partial charge in [-0.25, -0.2) is 0 Å². The lowest BCUT2D eigenvalue weighted by molar-refractivity contribution is -0.147. The minimum atomic E-state index is -0.230. The zero-order valence-electron chi connectivity index (χ0n) is 22.7. The first-order valence-corrected chi connectivity index (χ1v) is 13.8. The topological polar surface area (TPSA) is 67.9 Å². The highest BCUT2D eigenvalue weighted by Gasteiger charge is 2.53. The molecule has 0 aromatic heterocycles. The summed E-state index contributed by atoms with van der Waals surface area (Å²) < 4.78 is 10.6. The van der Waals surface area contributed by atoms with Gasteiger partial charge in [0.05, 0.1) is 26.2 Å². The minimum absolute atomic E-state index is 0.219. The van der Waals surface area contributed by atoms with Gasteiger partial charge in [-0.3, -0.25) is 9.69 Å². The van der Waals surface area contributed by atoms with Crippen LogP contribution in [0.25, 0.3) is 0 Å². The lowest BCUT2D eigenvalue weighted by Crippen LogP contribution is -2.51. The second-order valence-corrected chi connectivity index (χ2v) is 11.7. The van der Waals surface area contributed by atoms with E-state index in [1.807, 2.05) is 7.05 Å². The van der Waals surface area contributed by atoms with Gasteiger partial charge in [0, 0.05) is 19.5 Å². The molecule has 6 nitrogen and oxygen atoms in total. The number of ether oxygens (including phenoxy) is 2. The molecule has 0 aromatic carbocycles. The van der Waals surface area contributed by atoms with Crippen molar-refractivity contribution in [1.29, 1.82) is 0 Å². The summed E-state index contributed by atoms with van der Waals surface area (Å²) in [5.74, 6) is 1.90. The number of nitrogens with zero attached hydrogens (tertiary/aromatic N) is 1. The van der Waals surface area contributed by atoms with Crippen LogP contribution in [-0.2, 0) is 19.1 Å². The molecule has 2 saturated carbocycles. The van der Waals surface area contributed by atoms with Crippen molar-refractivity contribution >= 4 is 12.3 Å². The van der Waals surface area contributed by atoms with Gasteiger partial charge in [-0.2, -0.15) is 0 Å². The van der Waals surface area contributed by atoms with Crippen molar-refractivity contribution in [3.05, 3.63) is 0 Å². The van der Waals surface area contributed by atoms with Gasteiger partial charge in [0.2, 0.25) is 0 Å². The molecule has 3 fully saturated rings. The number of carbonyl (C=O) groups is 2. The number of aldehydes is 1. The van der Waals surface area contributed by atoms with Crippen LogP contribution in [0.5, 0.6) is 0 Å². The molecule has 0 bridgehead atoms. The zero-order chi connectivity index (χ0) is 25.0. The number of nitrogens with one attached hydrogen (secondary N) is 1. The van der Waals surface area contributed by atoms with Gasteiger partial charge in [0.15, 0.2) is 0 Å². The van der Waals surface area contributed by atoms with Crippen molar-refractivity contribution in [3.8, 4) is 0 Å². The number of hydrogen-bond acceptors (Lipinski definition) is 6. The van der Waals surface area contributed by atoms with E-state index in [4.69, 9.17) is 9.47 Å². The molecule has 198 valence electrons. The summed E-state index contributed by atoms with van der Waals surface area (Å²) in [6.07, 6.45) is 10.1. The molecule has 1 aliphatic heterocycles. The molecule has 34 heavy (non-hydrogen) atoms. The first-order chi connectivity index (χ1) is 16.2. The van der Waals surface area contributed by atoms with E-state index in [0.717, 1.165) is 51.5 Å². The average molecular weight is 481 g/mol. The molecule has 0 radical (unpaired) electrons. The van der Waals surface area contributed by atoms with Gasteiger partial charge in [0.1, 0.15) is 6.29 Å². The Bertz CT molecular complexity index is 605. The first kappa shape index (κ1) is 29.3. The summed E-state index contributed by atoms with van der Waals surface area (Å²) >= 11 is 0. The average Bonchev–Trinajstić information content (AvgIpc) is 2.80. The lowest BCUT2D eigenvalue weighted by Gasteiger charge is -2.59. The number of hydrogen-bond donors (Lipinski definition) is 1. The van der Waals surface area contributed by atoms with Crippen molar-refractivity contribution in [1.82, 2.24) is 10.2 Å². The van der Waals surface area contributed by atoms with Crippen molar-refractivity contribution in [2.24, 2.45) is 28.6 Å². The largest absolute Gasteiger partial charge is 0.466 e. The third-order valence-electron chi connectivity index (χ3n) is 8.88. The van der Waals surface area contributed by atoms with E-state index in [0.29, 0.717) is 29.3 Å². The molecule has 3 rings (SSSR count). The highest BCUT2D eigenvalue weighted by atomic mass is 16.5. The maximum absolute atomic E-state index is 11.6. The van der Waals surface area contributed by atoms with Crippen LogP contribution in [0.15, 0.2) is 0 Å². The van der Waals surface area contributed by atoms with E-state index in [2.05, 4.69) is 37.9 Å². The van der Waals surface area contributed by atoms with E-state index in [1.54, 1.807) is 0 Å². The Labute approximate surface area is 208 Å². The van der Waals surface area contributed by atoms with Crippen molar-refractivity contribution in [2.45, 2.75) is 85.5 Å². The van der Waals surface area contributed by atoms with Gasteiger partial charge in [-0.15, -0.1) is 0 Å². The number of esters is 1. The summed E-state index contributed by atoms with van der Waals surface area (Å²) in [4.78, 5) is 24.4. The highest BCUT2D eigenvalue weighted by molar-refractivity contribution is 5.72. The van der Waals surface area contributed by atoms with Crippen molar-refractivity contribution in [2.75, 3.05) is 53.0 Å². The number of fused-ring (bicyclic) bond motifs is 1. The van der Waals surface area contributed by atoms with E-state index in [-0.39, 0.29) is 18.8 Å². The predicted octanol–water partition coefficient (Wildman–Crippen LogP) is 4.71. The standard InChI is InChI=1S/C20H34O3.C8H18N2O/c1-15-8-9-17-19(2,3)11-6-12-20(17,4)16(15)10-14-23-18(22)7-5-13-21;1-9-3-2-4-10-5-7-11-8-6-10/h13,15-17H,5-12,14H2,1-4H3;9H,2-8H2,1H3/t15?,16-,17?,20?;/m0./s1. The van der Waals surface area contributed by atoms with Crippen molar-refractivity contribution < 1.29 is 19.1 Å². The maximum Gasteiger partial charge on any atom is 0.306 e. The Hall–Kier alpha value is -0.980. The molecule has 0 spiro atoms. The first-order valence-electron chi connectivity index (χ1n) is 13.8. The summed E-state index contributed by atoms with van der Waals surface area (Å²) in [5.41, 5.74) is 0.820. The van der Waals surface area contributed by atoms with E-state index in [1.165, 1.54) is 45.1 Å². The van der Waals surface area contributed by atoms with E-state index in [9.17, 15) is 9.59 Å². The molecule has 1 heterocycles. The van der Waals surface area contributed by atoms with Crippen LogP contribution in [0.3, 0.4) is 0 Å². The molecule has 0 amide bonds. The Morgan fingerprint density at radius 2 is 1.91 bits per heavy atom. The molecule has 3 unspecified atom stereocenters. The molecular weight excluding hydrogens is 428 g/mol. The van der Waals surface area contributed by atoms with Gasteiger partial charge in [0.25, 0.3) is 0 Å². The summed E-state index contributed by atoms with van der Waals surface area (Å²) in [6.45, 7) is 16.7. The van der Waals surface area contributed by atoms with Crippen LogP contribution in [0, 0.1) is 28.6 Å². The Balaban J connectivity index is 0.000000310. The summed E-state index contributed by atoms with van der Waals surface area (Å²) in [7, 11) is 2.00. The molecule has 1 saturated heterocycles. The van der Waals surface area contributed by atoms with Gasteiger partial charge in [-0.1, -0.05) is 40.5 Å². The van der Waals surface area contributed by atoms with Crippen molar-refractivity contribution in [3.63, 3.8) is 0 Å². The molecular formula is C28H52N2O4. The number of morpholine rings is 1. The molecule has 6 heteroatoms. The second kappa shape index (κ2) is 14.5. The fourth-order valence-corrected chi connectivity index (χ4v) is 7.08. The predicted molar refractivity (Wildman–Crippen MR) is 138 cm³/mol. The second-order valence-electron chi connectivity index (χ2n) is 11.7. The Kier molecular flexibility index (Phi) is 12.5. The van der Waals surface area contributed by atoms with Crippen LogP contribution in [0.2, 0.25) is 0 Å². The number of carbonyl (C=O) groups excluding carboxylic acids is 2. The monoisotopic (exact) mass is 480 g/mol. The fourth-order valence-electron chi connectivity index (χ4n) is 7.08.